The van der Waals surface area contributed by atoms with Crippen molar-refractivity contribution in [3.63, 3.8) is 0 Å². The molecule has 1 rings (SSSR count). The van der Waals surface area contributed by atoms with E-state index >= 15 is 0 Å². The maximum Gasteiger partial charge on any atom is 0.326 e. The van der Waals surface area contributed by atoms with Crippen molar-refractivity contribution in [2.75, 3.05) is 6.54 Å². The van der Waals surface area contributed by atoms with Crippen LogP contribution in [0.4, 0.5) is 0 Å². The summed E-state index contributed by atoms with van der Waals surface area (Å²) in [6.45, 7) is 0.326. The van der Waals surface area contributed by atoms with Gasteiger partial charge in [-0.15, -0.1) is 0 Å². The van der Waals surface area contributed by atoms with Crippen LogP contribution < -0.4 is 33.2 Å². The first-order valence-electron chi connectivity index (χ1n) is 11.6. The number of amides is 4. The number of carbonyl (C=O) groups excluding carboxylic acids is 4. The molecular formula is C23H34N6O8. The van der Waals surface area contributed by atoms with Crippen molar-refractivity contribution in [2.45, 2.75) is 62.7 Å². The van der Waals surface area contributed by atoms with E-state index in [-0.39, 0.29) is 12.8 Å². The molecule has 4 amide bonds. The van der Waals surface area contributed by atoms with Gasteiger partial charge in [-0.3, -0.25) is 24.0 Å². The first-order chi connectivity index (χ1) is 17.4. The van der Waals surface area contributed by atoms with Crippen LogP contribution in [0.2, 0.25) is 0 Å². The van der Waals surface area contributed by atoms with Gasteiger partial charge in [-0.05, 0) is 37.8 Å². The lowest BCUT2D eigenvalue weighted by molar-refractivity contribution is -0.143. The number of benzene rings is 1. The zero-order valence-electron chi connectivity index (χ0n) is 20.2. The molecule has 0 aliphatic rings. The third-order valence-corrected chi connectivity index (χ3v) is 5.25. The molecule has 4 atom stereocenters. The number of unbranched alkanes of at least 4 members (excludes halogenated alkanes) is 1. The van der Waals surface area contributed by atoms with Crippen molar-refractivity contribution in [3.05, 3.63) is 35.9 Å². The molecule has 0 bridgehead atoms. The molecule has 0 fully saturated rings. The summed E-state index contributed by atoms with van der Waals surface area (Å²) in [5.41, 5.74) is 17.2. The van der Waals surface area contributed by atoms with Crippen LogP contribution in [0.15, 0.2) is 30.3 Å². The Hall–Kier alpha value is -4.04. The molecule has 11 N–H and O–H groups in total. The maximum absolute atomic E-state index is 12.8. The zero-order valence-corrected chi connectivity index (χ0v) is 20.2. The van der Waals surface area contributed by atoms with E-state index in [0.29, 0.717) is 19.4 Å². The molecule has 204 valence electrons. The monoisotopic (exact) mass is 522 g/mol. The summed E-state index contributed by atoms with van der Waals surface area (Å²) in [5.74, 6) is -6.68. The Labute approximate surface area is 213 Å². The highest BCUT2D eigenvalue weighted by Crippen LogP contribution is 2.05. The molecular weight excluding hydrogens is 488 g/mol. The number of rotatable bonds is 17. The Kier molecular flexibility index (Phi) is 13.3. The van der Waals surface area contributed by atoms with Gasteiger partial charge in [0.2, 0.25) is 23.6 Å². The van der Waals surface area contributed by atoms with Crippen LogP contribution in [-0.4, -0.2) is 76.5 Å². The minimum absolute atomic E-state index is 0.0481. The van der Waals surface area contributed by atoms with Crippen molar-refractivity contribution < 1.29 is 39.0 Å². The van der Waals surface area contributed by atoms with E-state index in [1.54, 1.807) is 30.3 Å². The van der Waals surface area contributed by atoms with Gasteiger partial charge in [-0.25, -0.2) is 4.79 Å². The van der Waals surface area contributed by atoms with Gasteiger partial charge in [-0.1, -0.05) is 30.3 Å². The van der Waals surface area contributed by atoms with Crippen molar-refractivity contribution in [3.8, 4) is 0 Å². The predicted octanol–water partition coefficient (Wildman–Crippen LogP) is -2.43. The number of aliphatic carboxylic acids is 2. The van der Waals surface area contributed by atoms with Crippen LogP contribution >= 0.6 is 0 Å². The average molecular weight is 523 g/mol. The SMILES string of the molecule is NCCCCC(NC(=O)C(CC(N)=O)NC(=O)C(CC(=O)O)NC(=O)C(N)Cc1ccccc1)C(=O)O. The summed E-state index contributed by atoms with van der Waals surface area (Å²) in [6, 6.07) is 3.06. The Morgan fingerprint density at radius 3 is 1.84 bits per heavy atom. The smallest absolute Gasteiger partial charge is 0.326 e. The van der Waals surface area contributed by atoms with Crippen molar-refractivity contribution >= 4 is 35.6 Å². The molecule has 1 aromatic rings. The Balaban J connectivity index is 2.95. The first-order valence-corrected chi connectivity index (χ1v) is 11.6. The summed E-state index contributed by atoms with van der Waals surface area (Å²) >= 11 is 0. The number of nitrogens with one attached hydrogen (secondary N) is 3. The van der Waals surface area contributed by atoms with Crippen LogP contribution in [0.1, 0.15) is 37.7 Å². The lowest BCUT2D eigenvalue weighted by atomic mass is 10.0. The van der Waals surface area contributed by atoms with Gasteiger partial charge in [0.15, 0.2) is 0 Å². The molecule has 14 heteroatoms. The lowest BCUT2D eigenvalue weighted by Crippen LogP contribution is -2.58. The van der Waals surface area contributed by atoms with Crippen molar-refractivity contribution in [1.29, 1.82) is 0 Å². The quantitative estimate of drug-likeness (QED) is 0.100. The third kappa shape index (κ3) is 12.0. The molecule has 0 aromatic heterocycles. The largest absolute Gasteiger partial charge is 0.481 e. The van der Waals surface area contributed by atoms with Gasteiger partial charge in [0.25, 0.3) is 0 Å². The van der Waals surface area contributed by atoms with E-state index in [0.717, 1.165) is 5.56 Å². The highest BCUT2D eigenvalue weighted by atomic mass is 16.4. The van der Waals surface area contributed by atoms with Gasteiger partial charge >= 0.3 is 11.9 Å². The highest BCUT2D eigenvalue weighted by molar-refractivity contribution is 5.97. The fourth-order valence-corrected chi connectivity index (χ4v) is 3.33. The fraction of sp³-hybridized carbons (Fsp3) is 0.478. The summed E-state index contributed by atoms with van der Waals surface area (Å²) in [6.07, 6.45) is -0.472. The van der Waals surface area contributed by atoms with Crippen LogP contribution in [0.5, 0.6) is 0 Å². The minimum atomic E-state index is -1.64. The normalized spacial score (nSPS) is 13.9. The fourth-order valence-electron chi connectivity index (χ4n) is 3.33. The van der Waals surface area contributed by atoms with Crippen molar-refractivity contribution in [1.82, 2.24) is 16.0 Å². The summed E-state index contributed by atoms with van der Waals surface area (Å²) < 4.78 is 0. The number of hydrogen-bond acceptors (Lipinski definition) is 8. The number of carbonyl (C=O) groups is 6. The van der Waals surface area contributed by atoms with Crippen LogP contribution in [0.25, 0.3) is 0 Å². The standard InChI is InChI=1S/C23H34N6O8/c24-9-5-4-8-15(23(36)37)27-21(34)16(11-18(26)30)29-22(35)17(12-19(31)32)28-20(33)14(25)10-13-6-2-1-3-7-13/h1-3,6-7,14-17H,4-5,8-12,24-25H2,(H2,26,30)(H,27,34)(H,28,33)(H,29,35)(H,31,32)(H,36,37). The second kappa shape index (κ2) is 15.9. The van der Waals surface area contributed by atoms with E-state index < -0.39 is 72.6 Å². The second-order valence-electron chi connectivity index (χ2n) is 8.37. The first kappa shape index (κ1) is 31.0. The van der Waals surface area contributed by atoms with Gasteiger partial charge < -0.3 is 43.4 Å². The van der Waals surface area contributed by atoms with Crippen LogP contribution in [-0.2, 0) is 35.2 Å². The van der Waals surface area contributed by atoms with Gasteiger partial charge in [0.1, 0.15) is 18.1 Å². The summed E-state index contributed by atoms with van der Waals surface area (Å²) in [4.78, 5) is 72.4. The van der Waals surface area contributed by atoms with E-state index in [2.05, 4.69) is 16.0 Å². The highest BCUT2D eigenvalue weighted by Gasteiger charge is 2.32. The Morgan fingerprint density at radius 2 is 1.32 bits per heavy atom. The minimum Gasteiger partial charge on any atom is -0.481 e. The topological polar surface area (TPSA) is 257 Å². The average Bonchev–Trinajstić information content (AvgIpc) is 2.82. The maximum atomic E-state index is 12.8. The third-order valence-electron chi connectivity index (χ3n) is 5.25. The molecule has 0 heterocycles. The number of carboxylic acids is 2. The molecule has 0 saturated heterocycles. The number of nitrogens with two attached hydrogens (primary N) is 3. The van der Waals surface area contributed by atoms with Gasteiger partial charge in [0, 0.05) is 0 Å². The molecule has 0 aliphatic carbocycles. The molecule has 4 unspecified atom stereocenters. The number of hydrogen-bond donors (Lipinski definition) is 8. The van der Waals surface area contributed by atoms with Gasteiger partial charge in [0.05, 0.1) is 18.9 Å². The predicted molar refractivity (Wildman–Crippen MR) is 131 cm³/mol. The molecule has 0 spiro atoms. The number of carboxylic acid groups (broad SMARTS) is 2. The lowest BCUT2D eigenvalue weighted by Gasteiger charge is -2.24. The van der Waals surface area contributed by atoms with E-state index in [1.165, 1.54) is 0 Å². The van der Waals surface area contributed by atoms with E-state index in [9.17, 15) is 39.0 Å². The van der Waals surface area contributed by atoms with Crippen LogP contribution in [0.3, 0.4) is 0 Å². The summed E-state index contributed by atoms with van der Waals surface area (Å²) in [5, 5.41) is 25.2. The molecule has 14 nitrogen and oxygen atoms in total. The van der Waals surface area contributed by atoms with Crippen LogP contribution in [0, 0.1) is 0 Å². The Bertz CT molecular complexity index is 958. The molecule has 37 heavy (non-hydrogen) atoms. The number of primary amides is 1. The van der Waals surface area contributed by atoms with E-state index in [1.807, 2.05) is 0 Å². The van der Waals surface area contributed by atoms with Crippen molar-refractivity contribution in [2.24, 2.45) is 17.2 Å². The molecule has 0 saturated carbocycles. The van der Waals surface area contributed by atoms with Gasteiger partial charge in [-0.2, -0.15) is 0 Å². The van der Waals surface area contributed by atoms with E-state index in [4.69, 9.17) is 17.2 Å². The molecule has 1 aromatic carbocycles. The zero-order chi connectivity index (χ0) is 28.0. The second-order valence-corrected chi connectivity index (χ2v) is 8.37. The summed E-state index contributed by atoms with van der Waals surface area (Å²) in [7, 11) is 0. The molecule has 0 aliphatic heterocycles. The Morgan fingerprint density at radius 1 is 0.784 bits per heavy atom. The molecule has 0 radical (unpaired) electrons.